The van der Waals surface area contributed by atoms with Gasteiger partial charge in [0.1, 0.15) is 0 Å². The third kappa shape index (κ3) is 2.82. The first-order valence-electron chi connectivity index (χ1n) is 5.87. The van der Waals surface area contributed by atoms with E-state index in [-0.39, 0.29) is 17.4 Å². The van der Waals surface area contributed by atoms with Crippen molar-refractivity contribution in [3.05, 3.63) is 28.7 Å². The molecule has 7 heteroatoms. The zero-order valence-electron chi connectivity index (χ0n) is 10.4. The molecular weight excluding hydrogens is 332 g/mol. The van der Waals surface area contributed by atoms with Crippen LogP contribution in [0.15, 0.2) is 33.6 Å². The lowest BCUT2D eigenvalue weighted by Crippen LogP contribution is -2.32. The fourth-order valence-electron chi connectivity index (χ4n) is 2.24. The van der Waals surface area contributed by atoms with Gasteiger partial charge in [0.25, 0.3) is 0 Å². The first kappa shape index (κ1) is 14.5. The molecule has 0 unspecified atom stereocenters. The third-order valence-corrected chi connectivity index (χ3v) is 5.77. The maximum Gasteiger partial charge on any atom is 0.243 e. The molecule has 1 aliphatic heterocycles. The van der Waals surface area contributed by atoms with Gasteiger partial charge < -0.3 is 5.73 Å². The fraction of sp³-hybridized carbons (Fsp3) is 0.417. The molecule has 0 aromatic heterocycles. The highest BCUT2D eigenvalue weighted by Gasteiger charge is 2.39. The molecule has 0 bridgehead atoms. The summed E-state index contributed by atoms with van der Waals surface area (Å²) >= 11 is 3.26. The summed E-state index contributed by atoms with van der Waals surface area (Å²) in [4.78, 5) is 11.5. The maximum absolute atomic E-state index is 12.4. The number of nitrogens with two attached hydrogens (primary N) is 1. The average molecular weight is 347 g/mol. The lowest BCUT2D eigenvalue weighted by atomic mass is 9.98. The Morgan fingerprint density at radius 2 is 1.89 bits per heavy atom. The molecular formula is C12H15BrN2O3S. The molecule has 1 fully saturated rings. The van der Waals surface area contributed by atoms with Gasteiger partial charge in [-0.1, -0.05) is 22.9 Å². The van der Waals surface area contributed by atoms with Gasteiger partial charge in [0.15, 0.2) is 0 Å². The molecule has 1 aromatic rings. The molecule has 1 aliphatic rings. The quantitative estimate of drug-likeness (QED) is 0.892. The van der Waals surface area contributed by atoms with Crippen molar-refractivity contribution in [2.75, 3.05) is 13.1 Å². The van der Waals surface area contributed by atoms with Gasteiger partial charge in [0.2, 0.25) is 15.9 Å². The minimum absolute atomic E-state index is 0.0530. The van der Waals surface area contributed by atoms with Crippen LogP contribution in [0.1, 0.15) is 6.92 Å². The number of nitrogens with zero attached hydrogens (tertiary/aromatic N) is 1. The number of rotatable bonds is 3. The van der Waals surface area contributed by atoms with Gasteiger partial charge in [-0.2, -0.15) is 4.31 Å². The number of carbonyl (C=O) groups excluding carboxylic acids is 1. The van der Waals surface area contributed by atoms with Crippen LogP contribution in [0.5, 0.6) is 0 Å². The summed E-state index contributed by atoms with van der Waals surface area (Å²) in [6.45, 7) is 2.33. The van der Waals surface area contributed by atoms with Gasteiger partial charge in [-0.15, -0.1) is 0 Å². The smallest absolute Gasteiger partial charge is 0.243 e. The van der Waals surface area contributed by atoms with Gasteiger partial charge in [0, 0.05) is 17.6 Å². The van der Waals surface area contributed by atoms with E-state index in [0.717, 1.165) is 4.47 Å². The molecule has 1 aromatic carbocycles. The SMILES string of the molecule is C[C@@H]1CN(S(=O)(=O)c2ccc(Br)cc2)C[C@H]1C(N)=O. The molecule has 2 rings (SSSR count). The van der Waals surface area contributed by atoms with Crippen molar-refractivity contribution in [3.63, 3.8) is 0 Å². The van der Waals surface area contributed by atoms with Crippen LogP contribution in [0.25, 0.3) is 0 Å². The van der Waals surface area contributed by atoms with Crippen molar-refractivity contribution in [1.82, 2.24) is 4.31 Å². The van der Waals surface area contributed by atoms with E-state index in [1.807, 2.05) is 6.92 Å². The van der Waals surface area contributed by atoms with E-state index < -0.39 is 21.8 Å². The number of carbonyl (C=O) groups is 1. The Bertz CT molecular complexity index is 585. The molecule has 2 N–H and O–H groups in total. The second-order valence-corrected chi connectivity index (χ2v) is 7.62. The predicted octanol–water partition coefficient (Wildman–Crippen LogP) is 1.19. The zero-order valence-corrected chi connectivity index (χ0v) is 12.8. The Kier molecular flexibility index (Phi) is 3.98. The standard InChI is InChI=1S/C12H15BrN2O3S/c1-8-6-15(7-11(8)12(14)16)19(17,18)10-4-2-9(13)3-5-10/h2-5,8,11H,6-7H2,1H3,(H2,14,16)/t8-,11-/m1/s1. The highest BCUT2D eigenvalue weighted by atomic mass is 79.9. The van der Waals surface area contributed by atoms with Gasteiger partial charge in [-0.3, -0.25) is 4.79 Å². The average Bonchev–Trinajstić information content (AvgIpc) is 2.72. The Hall–Kier alpha value is -0.920. The molecule has 0 saturated carbocycles. The van der Waals surface area contributed by atoms with Gasteiger partial charge >= 0.3 is 0 Å². The number of amides is 1. The Balaban J connectivity index is 2.27. The molecule has 2 atom stereocenters. The van der Waals surface area contributed by atoms with Crippen LogP contribution >= 0.6 is 15.9 Å². The predicted molar refractivity (Wildman–Crippen MR) is 74.7 cm³/mol. The fourth-order valence-corrected chi connectivity index (χ4v) is 4.08. The largest absolute Gasteiger partial charge is 0.369 e. The van der Waals surface area contributed by atoms with Crippen molar-refractivity contribution in [3.8, 4) is 0 Å². The highest BCUT2D eigenvalue weighted by Crippen LogP contribution is 2.28. The summed E-state index contributed by atoms with van der Waals surface area (Å²) in [5, 5.41) is 0. The molecule has 1 amide bonds. The van der Waals surface area contributed by atoms with E-state index in [0.29, 0.717) is 6.54 Å². The lowest BCUT2D eigenvalue weighted by molar-refractivity contribution is -0.122. The van der Waals surface area contributed by atoms with E-state index in [1.54, 1.807) is 24.3 Å². The van der Waals surface area contributed by atoms with E-state index in [4.69, 9.17) is 5.73 Å². The number of hydrogen-bond acceptors (Lipinski definition) is 3. The first-order valence-corrected chi connectivity index (χ1v) is 8.10. The van der Waals surface area contributed by atoms with Crippen LogP contribution in [-0.4, -0.2) is 31.7 Å². The molecule has 1 saturated heterocycles. The molecule has 0 spiro atoms. The van der Waals surface area contributed by atoms with Gasteiger partial charge in [-0.05, 0) is 30.2 Å². The van der Waals surface area contributed by atoms with Crippen molar-refractivity contribution < 1.29 is 13.2 Å². The van der Waals surface area contributed by atoms with E-state index in [9.17, 15) is 13.2 Å². The van der Waals surface area contributed by atoms with Crippen LogP contribution in [-0.2, 0) is 14.8 Å². The second-order valence-electron chi connectivity index (χ2n) is 4.76. The molecule has 104 valence electrons. The third-order valence-electron chi connectivity index (χ3n) is 3.40. The van der Waals surface area contributed by atoms with E-state index in [2.05, 4.69) is 15.9 Å². The monoisotopic (exact) mass is 346 g/mol. The topological polar surface area (TPSA) is 80.5 Å². The Morgan fingerprint density at radius 1 is 1.32 bits per heavy atom. The van der Waals surface area contributed by atoms with Crippen LogP contribution in [0, 0.1) is 11.8 Å². The van der Waals surface area contributed by atoms with Crippen LogP contribution < -0.4 is 5.73 Å². The van der Waals surface area contributed by atoms with Crippen LogP contribution in [0.4, 0.5) is 0 Å². The number of sulfonamides is 1. The normalized spacial score (nSPS) is 24.5. The maximum atomic E-state index is 12.4. The summed E-state index contributed by atoms with van der Waals surface area (Å²) in [6, 6.07) is 6.44. The van der Waals surface area contributed by atoms with Crippen molar-refractivity contribution in [2.24, 2.45) is 17.6 Å². The van der Waals surface area contributed by atoms with Crippen molar-refractivity contribution in [1.29, 1.82) is 0 Å². The summed E-state index contributed by atoms with van der Waals surface area (Å²) in [5.41, 5.74) is 5.29. The van der Waals surface area contributed by atoms with Gasteiger partial charge in [0.05, 0.1) is 10.8 Å². The lowest BCUT2D eigenvalue weighted by Gasteiger charge is -2.16. The number of halogens is 1. The second kappa shape index (κ2) is 5.22. The Morgan fingerprint density at radius 3 is 2.37 bits per heavy atom. The number of benzene rings is 1. The summed E-state index contributed by atoms with van der Waals surface area (Å²) in [5.74, 6) is -0.908. The number of hydrogen-bond donors (Lipinski definition) is 1. The highest BCUT2D eigenvalue weighted by molar-refractivity contribution is 9.10. The first-order chi connectivity index (χ1) is 8.82. The van der Waals surface area contributed by atoms with Crippen molar-refractivity contribution in [2.45, 2.75) is 11.8 Å². The molecule has 19 heavy (non-hydrogen) atoms. The summed E-state index contributed by atoms with van der Waals surface area (Å²) in [7, 11) is -3.55. The van der Waals surface area contributed by atoms with E-state index >= 15 is 0 Å². The van der Waals surface area contributed by atoms with Crippen LogP contribution in [0.3, 0.4) is 0 Å². The molecule has 1 heterocycles. The number of primary amides is 1. The molecule has 0 radical (unpaired) electrons. The molecule has 0 aliphatic carbocycles. The minimum atomic E-state index is -3.55. The summed E-state index contributed by atoms with van der Waals surface area (Å²) < 4.78 is 27.0. The minimum Gasteiger partial charge on any atom is -0.369 e. The van der Waals surface area contributed by atoms with Crippen LogP contribution in [0.2, 0.25) is 0 Å². The molecule has 5 nitrogen and oxygen atoms in total. The van der Waals surface area contributed by atoms with Crippen molar-refractivity contribution >= 4 is 31.9 Å². The van der Waals surface area contributed by atoms with Gasteiger partial charge in [-0.25, -0.2) is 8.42 Å². The Labute approximate surface area is 121 Å². The zero-order chi connectivity index (χ0) is 14.2. The summed E-state index contributed by atoms with van der Waals surface area (Å²) in [6.07, 6.45) is 0. The van der Waals surface area contributed by atoms with E-state index in [1.165, 1.54) is 4.31 Å².